The quantitative estimate of drug-likeness (QED) is 0.878. The molecule has 1 amide bonds. The second-order valence-electron chi connectivity index (χ2n) is 7.24. The molecule has 0 saturated heterocycles. The standard InChI is InChI=1S/C19H21N3O5/c1-5-20-16(24)13(17(25)26)9-21(18(20)27)12-6-7-14-15(8-12)22(11(2)23)10-19(14,3)4/h6-9H,5,10H2,1-4H3,(H,25,26). The number of carbonyl (C=O) groups is 2. The Kier molecular flexibility index (Phi) is 4.29. The number of nitrogens with zero attached hydrogens (tertiary/aromatic N) is 3. The minimum absolute atomic E-state index is 0.0519. The number of carboxylic acid groups (broad SMARTS) is 1. The van der Waals surface area contributed by atoms with Crippen LogP contribution in [0.5, 0.6) is 0 Å². The van der Waals surface area contributed by atoms with E-state index in [-0.39, 0.29) is 17.9 Å². The van der Waals surface area contributed by atoms with E-state index in [1.807, 2.05) is 19.9 Å². The number of aromatic carboxylic acids is 1. The van der Waals surface area contributed by atoms with Gasteiger partial charge in [0.25, 0.3) is 5.56 Å². The van der Waals surface area contributed by atoms with E-state index in [2.05, 4.69) is 0 Å². The summed E-state index contributed by atoms with van der Waals surface area (Å²) in [7, 11) is 0. The van der Waals surface area contributed by atoms with Gasteiger partial charge in [-0.15, -0.1) is 0 Å². The van der Waals surface area contributed by atoms with Crippen molar-refractivity contribution >= 4 is 17.6 Å². The van der Waals surface area contributed by atoms with Crippen LogP contribution in [0.3, 0.4) is 0 Å². The van der Waals surface area contributed by atoms with Crippen LogP contribution in [-0.4, -0.2) is 32.7 Å². The monoisotopic (exact) mass is 371 g/mol. The van der Waals surface area contributed by atoms with Gasteiger partial charge in [0.05, 0.1) is 5.69 Å². The van der Waals surface area contributed by atoms with Crippen molar-refractivity contribution in [2.24, 2.45) is 0 Å². The van der Waals surface area contributed by atoms with Crippen LogP contribution >= 0.6 is 0 Å². The second kappa shape index (κ2) is 6.22. The lowest BCUT2D eigenvalue weighted by Gasteiger charge is -2.19. The van der Waals surface area contributed by atoms with Crippen LogP contribution in [0.2, 0.25) is 0 Å². The normalized spacial score (nSPS) is 14.9. The van der Waals surface area contributed by atoms with Crippen molar-refractivity contribution in [3.63, 3.8) is 0 Å². The highest BCUT2D eigenvalue weighted by Gasteiger charge is 2.37. The first-order valence-electron chi connectivity index (χ1n) is 8.61. The van der Waals surface area contributed by atoms with Gasteiger partial charge >= 0.3 is 11.7 Å². The van der Waals surface area contributed by atoms with Gasteiger partial charge in [-0.3, -0.25) is 18.7 Å². The number of aromatic nitrogens is 2. The number of hydrogen-bond donors (Lipinski definition) is 1. The number of rotatable bonds is 3. The summed E-state index contributed by atoms with van der Waals surface area (Å²) in [5, 5.41) is 9.30. The highest BCUT2D eigenvalue weighted by molar-refractivity contribution is 5.95. The minimum atomic E-state index is -1.40. The second-order valence-corrected chi connectivity index (χ2v) is 7.24. The Bertz CT molecular complexity index is 1080. The molecule has 1 aromatic carbocycles. The summed E-state index contributed by atoms with van der Waals surface area (Å²) in [4.78, 5) is 50.0. The molecule has 0 fully saturated rings. The van der Waals surface area contributed by atoms with Crippen molar-refractivity contribution in [1.82, 2.24) is 9.13 Å². The fourth-order valence-corrected chi connectivity index (χ4v) is 3.52. The molecule has 0 atom stereocenters. The first kappa shape index (κ1) is 18.6. The Hall–Kier alpha value is -3.16. The number of anilines is 1. The van der Waals surface area contributed by atoms with Gasteiger partial charge in [-0.2, -0.15) is 0 Å². The molecule has 2 aromatic rings. The Morgan fingerprint density at radius 1 is 1.22 bits per heavy atom. The molecule has 1 aromatic heterocycles. The molecule has 8 nitrogen and oxygen atoms in total. The zero-order chi connectivity index (χ0) is 20.1. The minimum Gasteiger partial charge on any atom is -0.477 e. The number of fused-ring (bicyclic) bond motifs is 1. The number of benzene rings is 1. The molecule has 1 aliphatic heterocycles. The molecule has 1 N–H and O–H groups in total. The molecule has 2 heterocycles. The van der Waals surface area contributed by atoms with Crippen molar-refractivity contribution in [1.29, 1.82) is 0 Å². The fraction of sp³-hybridized carbons (Fsp3) is 0.368. The molecule has 0 bridgehead atoms. The predicted octanol–water partition coefficient (Wildman–Crippen LogP) is 1.36. The van der Waals surface area contributed by atoms with Crippen LogP contribution in [0.1, 0.15) is 43.6 Å². The van der Waals surface area contributed by atoms with Crippen molar-refractivity contribution < 1.29 is 14.7 Å². The summed E-state index contributed by atoms with van der Waals surface area (Å²) in [6.45, 7) is 7.70. The largest absolute Gasteiger partial charge is 0.477 e. The molecule has 1 aliphatic rings. The van der Waals surface area contributed by atoms with Crippen LogP contribution in [0, 0.1) is 0 Å². The third kappa shape index (κ3) is 2.87. The molecule has 0 saturated carbocycles. The number of carbonyl (C=O) groups excluding carboxylic acids is 1. The number of amides is 1. The van der Waals surface area contributed by atoms with Gasteiger partial charge in [0.1, 0.15) is 5.56 Å². The van der Waals surface area contributed by atoms with E-state index < -0.39 is 22.8 Å². The van der Waals surface area contributed by atoms with Crippen molar-refractivity contribution in [3.05, 3.63) is 56.4 Å². The summed E-state index contributed by atoms with van der Waals surface area (Å²) >= 11 is 0. The van der Waals surface area contributed by atoms with Crippen LogP contribution < -0.4 is 16.1 Å². The molecule has 3 rings (SSSR count). The van der Waals surface area contributed by atoms with E-state index in [9.17, 15) is 24.3 Å². The Morgan fingerprint density at radius 3 is 2.44 bits per heavy atom. The average Bonchev–Trinajstić information content (AvgIpc) is 2.86. The van der Waals surface area contributed by atoms with E-state index in [4.69, 9.17) is 0 Å². The lowest BCUT2D eigenvalue weighted by Crippen LogP contribution is -2.41. The number of hydrogen-bond acceptors (Lipinski definition) is 4. The topological polar surface area (TPSA) is 102 Å². The van der Waals surface area contributed by atoms with Gasteiger partial charge in [-0.05, 0) is 24.6 Å². The van der Waals surface area contributed by atoms with Gasteiger partial charge in [0.2, 0.25) is 5.91 Å². The zero-order valence-electron chi connectivity index (χ0n) is 15.6. The molecule has 0 unspecified atom stereocenters. The molecule has 8 heteroatoms. The molecule has 0 radical (unpaired) electrons. The zero-order valence-corrected chi connectivity index (χ0v) is 15.6. The maximum atomic E-state index is 12.7. The van der Waals surface area contributed by atoms with Gasteiger partial charge < -0.3 is 10.0 Å². The first-order chi connectivity index (χ1) is 12.6. The van der Waals surface area contributed by atoms with Crippen LogP contribution in [0.4, 0.5) is 5.69 Å². The Balaban J connectivity index is 2.28. The molecule has 27 heavy (non-hydrogen) atoms. The van der Waals surface area contributed by atoms with Crippen LogP contribution in [0.15, 0.2) is 34.0 Å². The van der Waals surface area contributed by atoms with E-state index >= 15 is 0 Å². The third-order valence-electron chi connectivity index (χ3n) is 4.93. The van der Waals surface area contributed by atoms with E-state index in [1.165, 1.54) is 6.92 Å². The Morgan fingerprint density at radius 2 is 1.89 bits per heavy atom. The lowest BCUT2D eigenvalue weighted by molar-refractivity contribution is -0.116. The highest BCUT2D eigenvalue weighted by atomic mass is 16.4. The van der Waals surface area contributed by atoms with Crippen molar-refractivity contribution in [2.45, 2.75) is 39.7 Å². The van der Waals surface area contributed by atoms with Gasteiger partial charge in [0.15, 0.2) is 0 Å². The summed E-state index contributed by atoms with van der Waals surface area (Å²) in [5.74, 6) is -1.51. The predicted molar refractivity (Wildman–Crippen MR) is 100.0 cm³/mol. The van der Waals surface area contributed by atoms with Crippen LogP contribution in [-0.2, 0) is 16.8 Å². The summed E-state index contributed by atoms with van der Waals surface area (Å²) in [6.07, 6.45) is 1.04. The average molecular weight is 371 g/mol. The smallest absolute Gasteiger partial charge is 0.342 e. The lowest BCUT2D eigenvalue weighted by atomic mass is 9.87. The van der Waals surface area contributed by atoms with Crippen LogP contribution in [0.25, 0.3) is 5.69 Å². The third-order valence-corrected chi connectivity index (χ3v) is 4.93. The fourth-order valence-electron chi connectivity index (χ4n) is 3.52. The first-order valence-corrected chi connectivity index (χ1v) is 8.61. The Labute approximate surface area is 155 Å². The van der Waals surface area contributed by atoms with Gasteiger partial charge in [-0.1, -0.05) is 19.9 Å². The maximum absolute atomic E-state index is 12.7. The molecular formula is C19H21N3O5. The summed E-state index contributed by atoms with van der Waals surface area (Å²) in [6, 6.07) is 5.21. The van der Waals surface area contributed by atoms with E-state index in [1.54, 1.807) is 24.0 Å². The maximum Gasteiger partial charge on any atom is 0.342 e. The molecule has 142 valence electrons. The van der Waals surface area contributed by atoms with E-state index in [0.717, 1.165) is 20.9 Å². The molecule has 0 spiro atoms. The van der Waals surface area contributed by atoms with E-state index in [0.29, 0.717) is 17.9 Å². The highest BCUT2D eigenvalue weighted by Crippen LogP contribution is 2.41. The SMILES string of the molecule is CCn1c(=O)c(C(=O)O)cn(-c2ccc3c(c2)N(C(C)=O)CC3(C)C)c1=O. The van der Waals surface area contributed by atoms with Crippen molar-refractivity contribution in [2.75, 3.05) is 11.4 Å². The van der Waals surface area contributed by atoms with Crippen molar-refractivity contribution in [3.8, 4) is 5.69 Å². The summed E-state index contributed by atoms with van der Waals surface area (Å²) < 4.78 is 2.02. The molecular weight excluding hydrogens is 350 g/mol. The molecule has 0 aliphatic carbocycles. The number of carboxylic acids is 1. The summed E-state index contributed by atoms with van der Waals surface area (Å²) in [5.41, 5.74) is -0.135. The van der Waals surface area contributed by atoms with Gasteiger partial charge in [0, 0.05) is 37.3 Å². The van der Waals surface area contributed by atoms with Gasteiger partial charge in [-0.25, -0.2) is 9.59 Å².